The van der Waals surface area contributed by atoms with Crippen LogP contribution in [0, 0.1) is 0 Å². The van der Waals surface area contributed by atoms with Gasteiger partial charge in [-0.05, 0) is 28.8 Å². The molecule has 0 radical (unpaired) electrons. The Morgan fingerprint density at radius 1 is 0.923 bits per heavy atom. The SMILES string of the molecule is CC(NC(=O)COC(=O)Cc1cccc2ccccc12)c1ccccc1. The summed E-state index contributed by atoms with van der Waals surface area (Å²) in [5.74, 6) is -0.725. The summed E-state index contributed by atoms with van der Waals surface area (Å²) in [7, 11) is 0. The Bertz CT molecular complexity index is 900. The van der Waals surface area contributed by atoms with Gasteiger partial charge in [0.25, 0.3) is 5.91 Å². The van der Waals surface area contributed by atoms with Gasteiger partial charge in [-0.3, -0.25) is 9.59 Å². The van der Waals surface area contributed by atoms with E-state index in [0.29, 0.717) is 0 Å². The molecule has 1 atom stereocenters. The summed E-state index contributed by atoms with van der Waals surface area (Å²) in [4.78, 5) is 24.1. The average Bonchev–Trinajstić information content (AvgIpc) is 2.67. The zero-order chi connectivity index (χ0) is 18.4. The molecule has 0 heterocycles. The van der Waals surface area contributed by atoms with Gasteiger partial charge in [0.05, 0.1) is 12.5 Å². The Labute approximate surface area is 152 Å². The number of nitrogens with one attached hydrogen (secondary N) is 1. The van der Waals surface area contributed by atoms with Crippen LogP contribution in [0.2, 0.25) is 0 Å². The topological polar surface area (TPSA) is 55.4 Å². The molecule has 0 aliphatic carbocycles. The largest absolute Gasteiger partial charge is 0.455 e. The maximum Gasteiger partial charge on any atom is 0.310 e. The molecule has 1 amide bonds. The lowest BCUT2D eigenvalue weighted by molar-refractivity contribution is -0.148. The van der Waals surface area contributed by atoms with Crippen molar-refractivity contribution in [3.63, 3.8) is 0 Å². The Morgan fingerprint density at radius 2 is 1.62 bits per heavy atom. The monoisotopic (exact) mass is 347 g/mol. The predicted octanol–water partition coefficient (Wildman–Crippen LogP) is 3.80. The third kappa shape index (κ3) is 4.48. The van der Waals surface area contributed by atoms with Crippen LogP contribution in [0.15, 0.2) is 72.8 Å². The van der Waals surface area contributed by atoms with E-state index >= 15 is 0 Å². The Morgan fingerprint density at radius 3 is 2.42 bits per heavy atom. The fourth-order valence-electron chi connectivity index (χ4n) is 2.91. The number of benzene rings is 3. The zero-order valence-electron chi connectivity index (χ0n) is 14.6. The van der Waals surface area contributed by atoms with Crippen molar-refractivity contribution >= 4 is 22.6 Å². The highest BCUT2D eigenvalue weighted by Crippen LogP contribution is 2.19. The normalized spacial score (nSPS) is 11.7. The molecule has 0 saturated carbocycles. The van der Waals surface area contributed by atoms with E-state index < -0.39 is 5.97 Å². The van der Waals surface area contributed by atoms with Crippen LogP contribution in [0.3, 0.4) is 0 Å². The molecule has 1 unspecified atom stereocenters. The molecule has 0 aliphatic heterocycles. The standard InChI is InChI=1S/C22H21NO3/c1-16(17-8-3-2-4-9-17)23-21(24)15-26-22(25)14-19-12-7-11-18-10-5-6-13-20(18)19/h2-13,16H,14-15H2,1H3,(H,23,24). The van der Waals surface area contributed by atoms with Crippen molar-refractivity contribution in [2.75, 3.05) is 6.61 Å². The molecule has 0 saturated heterocycles. The molecule has 4 nitrogen and oxygen atoms in total. The number of ether oxygens (including phenoxy) is 1. The zero-order valence-corrected chi connectivity index (χ0v) is 14.6. The molecule has 0 fully saturated rings. The summed E-state index contributed by atoms with van der Waals surface area (Å²) in [6.45, 7) is 1.62. The van der Waals surface area contributed by atoms with Gasteiger partial charge in [0.15, 0.2) is 6.61 Å². The van der Waals surface area contributed by atoms with Crippen molar-refractivity contribution in [1.29, 1.82) is 0 Å². The second-order valence-corrected chi connectivity index (χ2v) is 6.18. The molecule has 3 rings (SSSR count). The summed E-state index contributed by atoms with van der Waals surface area (Å²) in [6, 6.07) is 23.2. The fourth-order valence-corrected chi connectivity index (χ4v) is 2.91. The molecule has 0 bridgehead atoms. The van der Waals surface area contributed by atoms with Gasteiger partial charge in [-0.1, -0.05) is 72.8 Å². The van der Waals surface area contributed by atoms with Crippen molar-refractivity contribution in [3.05, 3.63) is 83.9 Å². The highest BCUT2D eigenvalue weighted by atomic mass is 16.5. The van der Waals surface area contributed by atoms with Gasteiger partial charge in [-0.15, -0.1) is 0 Å². The summed E-state index contributed by atoms with van der Waals surface area (Å²) in [5, 5.41) is 4.93. The van der Waals surface area contributed by atoms with Crippen LogP contribution in [0.5, 0.6) is 0 Å². The summed E-state index contributed by atoms with van der Waals surface area (Å²) < 4.78 is 5.14. The number of carbonyl (C=O) groups is 2. The van der Waals surface area contributed by atoms with Crippen LogP contribution in [-0.2, 0) is 20.7 Å². The van der Waals surface area contributed by atoms with Crippen LogP contribution in [0.1, 0.15) is 24.1 Å². The van der Waals surface area contributed by atoms with E-state index in [2.05, 4.69) is 5.32 Å². The third-order valence-corrected chi connectivity index (χ3v) is 4.26. The molecular weight excluding hydrogens is 326 g/mol. The molecule has 4 heteroatoms. The molecule has 0 spiro atoms. The summed E-state index contributed by atoms with van der Waals surface area (Å²) in [5.41, 5.74) is 1.90. The van der Waals surface area contributed by atoms with Crippen LogP contribution >= 0.6 is 0 Å². The maximum absolute atomic E-state index is 12.1. The number of fused-ring (bicyclic) bond motifs is 1. The number of hydrogen-bond donors (Lipinski definition) is 1. The maximum atomic E-state index is 12.1. The summed E-state index contributed by atoms with van der Waals surface area (Å²) in [6.07, 6.45) is 0.142. The summed E-state index contributed by atoms with van der Waals surface area (Å²) >= 11 is 0. The van der Waals surface area contributed by atoms with Crippen molar-refractivity contribution in [2.24, 2.45) is 0 Å². The lowest BCUT2D eigenvalue weighted by atomic mass is 10.0. The molecular formula is C22H21NO3. The first kappa shape index (κ1) is 17.7. The van der Waals surface area contributed by atoms with E-state index in [0.717, 1.165) is 21.9 Å². The number of hydrogen-bond acceptors (Lipinski definition) is 3. The van der Waals surface area contributed by atoms with E-state index in [1.807, 2.05) is 79.7 Å². The smallest absolute Gasteiger partial charge is 0.310 e. The van der Waals surface area contributed by atoms with Gasteiger partial charge in [-0.2, -0.15) is 0 Å². The van der Waals surface area contributed by atoms with Crippen LogP contribution < -0.4 is 5.32 Å². The van der Waals surface area contributed by atoms with Crippen LogP contribution in [0.25, 0.3) is 10.8 Å². The number of rotatable bonds is 6. The van der Waals surface area contributed by atoms with E-state index in [1.54, 1.807) is 0 Å². The van der Waals surface area contributed by atoms with Crippen molar-refractivity contribution in [2.45, 2.75) is 19.4 Å². The van der Waals surface area contributed by atoms with Crippen molar-refractivity contribution in [3.8, 4) is 0 Å². The van der Waals surface area contributed by atoms with Gasteiger partial charge in [-0.25, -0.2) is 0 Å². The molecule has 1 N–H and O–H groups in total. The highest BCUT2D eigenvalue weighted by molar-refractivity contribution is 5.89. The Hall–Kier alpha value is -3.14. The number of carbonyl (C=O) groups excluding carboxylic acids is 2. The van der Waals surface area contributed by atoms with Gasteiger partial charge in [0.1, 0.15) is 0 Å². The molecule has 3 aromatic carbocycles. The molecule has 26 heavy (non-hydrogen) atoms. The van der Waals surface area contributed by atoms with Gasteiger partial charge < -0.3 is 10.1 Å². The Balaban J connectivity index is 1.53. The van der Waals surface area contributed by atoms with Crippen molar-refractivity contribution in [1.82, 2.24) is 5.32 Å². The Kier molecular flexibility index (Phi) is 5.64. The average molecular weight is 347 g/mol. The molecule has 3 aromatic rings. The minimum Gasteiger partial charge on any atom is -0.455 e. The number of esters is 1. The lowest BCUT2D eigenvalue weighted by Gasteiger charge is -2.14. The molecule has 0 aromatic heterocycles. The molecule has 132 valence electrons. The highest BCUT2D eigenvalue weighted by Gasteiger charge is 2.13. The quantitative estimate of drug-likeness (QED) is 0.690. The number of amides is 1. The first-order valence-electron chi connectivity index (χ1n) is 8.60. The second kappa shape index (κ2) is 8.30. The lowest BCUT2D eigenvalue weighted by Crippen LogP contribution is -2.31. The van der Waals surface area contributed by atoms with E-state index in [9.17, 15) is 9.59 Å². The molecule has 0 aliphatic rings. The van der Waals surface area contributed by atoms with Crippen LogP contribution in [-0.4, -0.2) is 18.5 Å². The van der Waals surface area contributed by atoms with E-state index in [-0.39, 0.29) is 25.0 Å². The first-order chi connectivity index (χ1) is 12.6. The van der Waals surface area contributed by atoms with Gasteiger partial charge in [0.2, 0.25) is 0 Å². The van der Waals surface area contributed by atoms with E-state index in [1.165, 1.54) is 0 Å². The minimum absolute atomic E-state index is 0.138. The predicted molar refractivity (Wildman–Crippen MR) is 102 cm³/mol. The minimum atomic E-state index is -0.413. The third-order valence-electron chi connectivity index (χ3n) is 4.26. The first-order valence-corrected chi connectivity index (χ1v) is 8.60. The van der Waals surface area contributed by atoms with Crippen molar-refractivity contribution < 1.29 is 14.3 Å². The fraction of sp³-hybridized carbons (Fsp3) is 0.182. The van der Waals surface area contributed by atoms with E-state index in [4.69, 9.17) is 4.74 Å². The van der Waals surface area contributed by atoms with Crippen LogP contribution in [0.4, 0.5) is 0 Å². The van der Waals surface area contributed by atoms with Gasteiger partial charge in [0, 0.05) is 0 Å². The van der Waals surface area contributed by atoms with Gasteiger partial charge >= 0.3 is 5.97 Å². The second-order valence-electron chi connectivity index (χ2n) is 6.18.